The summed E-state index contributed by atoms with van der Waals surface area (Å²) in [6.45, 7) is 14.2. The zero-order chi connectivity index (χ0) is 24.5. The minimum atomic E-state index is -0.836. The van der Waals surface area contributed by atoms with Gasteiger partial charge in [-0.1, -0.05) is 27.7 Å². The fourth-order valence-corrected chi connectivity index (χ4v) is 9.62. The Balaban J connectivity index is 1.83. The zero-order valence-electron chi connectivity index (χ0n) is 21.5. The number of aliphatic hydroxyl groups excluding tert-OH is 1. The van der Waals surface area contributed by atoms with Crippen molar-refractivity contribution in [3.05, 3.63) is 0 Å². The molecule has 9 unspecified atom stereocenters. The van der Waals surface area contributed by atoms with Gasteiger partial charge in [-0.15, -0.1) is 0 Å². The molecule has 5 nitrogen and oxygen atoms in total. The van der Waals surface area contributed by atoms with Crippen molar-refractivity contribution in [3.8, 4) is 0 Å². The number of rotatable bonds is 3. The Hall–Kier alpha value is -1.23. The Kier molecular flexibility index (Phi) is 6.38. The molecule has 0 bridgehead atoms. The van der Waals surface area contributed by atoms with E-state index in [1.807, 2.05) is 6.92 Å². The second kappa shape index (κ2) is 8.46. The molecule has 0 amide bonds. The molecule has 0 spiro atoms. The SMILES string of the molecule is CC(=O)O[C@@]1(C)CC2C(CCC3C2[C@H](C)CCC3(C)C)C2C1C(C=O)C(C(C)=O)C(O)[C@@H]2C. The molecular weight excluding hydrogens is 416 g/mol. The maximum Gasteiger partial charge on any atom is 0.303 e. The second-order valence-electron chi connectivity index (χ2n) is 13.0. The first-order chi connectivity index (χ1) is 15.3. The third-order valence-corrected chi connectivity index (χ3v) is 10.8. The fourth-order valence-electron chi connectivity index (χ4n) is 9.62. The quantitative estimate of drug-likeness (QED) is 0.488. The highest BCUT2D eigenvalue weighted by Gasteiger charge is 2.65. The van der Waals surface area contributed by atoms with Crippen molar-refractivity contribution in [3.63, 3.8) is 0 Å². The number of carbonyl (C=O) groups is 3. The molecular formula is C28H44O5. The van der Waals surface area contributed by atoms with Crippen molar-refractivity contribution < 1.29 is 24.2 Å². The van der Waals surface area contributed by atoms with Crippen molar-refractivity contribution in [2.24, 2.45) is 64.6 Å². The number of carbonyl (C=O) groups excluding carboxylic acids is 3. The maximum atomic E-state index is 12.6. The second-order valence-corrected chi connectivity index (χ2v) is 13.0. The van der Waals surface area contributed by atoms with Gasteiger partial charge < -0.3 is 14.6 Å². The molecule has 0 aromatic rings. The molecule has 4 aliphatic carbocycles. The first-order valence-electron chi connectivity index (χ1n) is 13.2. The van der Waals surface area contributed by atoms with Gasteiger partial charge in [-0.2, -0.15) is 0 Å². The summed E-state index contributed by atoms with van der Waals surface area (Å²) in [6.07, 6.45) is 5.53. The number of esters is 1. The van der Waals surface area contributed by atoms with E-state index in [0.29, 0.717) is 35.0 Å². The normalized spacial score (nSPS) is 50.8. The molecule has 5 heteroatoms. The van der Waals surface area contributed by atoms with Gasteiger partial charge in [0.25, 0.3) is 0 Å². The van der Waals surface area contributed by atoms with E-state index in [2.05, 4.69) is 27.7 Å². The van der Waals surface area contributed by atoms with Crippen LogP contribution in [0.5, 0.6) is 0 Å². The average molecular weight is 461 g/mol. The Morgan fingerprint density at radius 2 is 1.67 bits per heavy atom. The van der Waals surface area contributed by atoms with Crippen LogP contribution in [0.3, 0.4) is 0 Å². The summed E-state index contributed by atoms with van der Waals surface area (Å²) in [5, 5.41) is 11.3. The summed E-state index contributed by atoms with van der Waals surface area (Å²) in [7, 11) is 0. The smallest absolute Gasteiger partial charge is 0.303 e. The molecule has 4 rings (SSSR count). The molecule has 4 fully saturated rings. The van der Waals surface area contributed by atoms with Crippen LogP contribution in [0.15, 0.2) is 0 Å². The van der Waals surface area contributed by atoms with Crippen molar-refractivity contribution in [2.75, 3.05) is 0 Å². The van der Waals surface area contributed by atoms with Gasteiger partial charge in [0.15, 0.2) is 0 Å². The Bertz CT molecular complexity index is 804. The molecule has 0 heterocycles. The van der Waals surface area contributed by atoms with Crippen LogP contribution in [0.25, 0.3) is 0 Å². The van der Waals surface area contributed by atoms with Crippen molar-refractivity contribution in [2.45, 2.75) is 92.3 Å². The summed E-state index contributed by atoms with van der Waals surface area (Å²) in [5.74, 6) is 0.487. The van der Waals surface area contributed by atoms with Crippen molar-refractivity contribution in [1.29, 1.82) is 0 Å². The number of fused-ring (bicyclic) bond motifs is 5. The van der Waals surface area contributed by atoms with Crippen LogP contribution < -0.4 is 0 Å². The standard InChI is InChI=1S/C28H44O5/c1-14-10-11-27(5,6)21-9-8-18-19(22(14)21)12-28(7,33-17(4)31)25-20(13-29)24(16(3)30)26(32)15(2)23(18)25/h13-15,18-26,32H,8-12H2,1-7H3/t14-,15-,18?,19?,20?,21?,22?,23?,24?,25?,26?,28+/m1/s1. The molecule has 0 aromatic heterocycles. The molecule has 0 aliphatic heterocycles. The first kappa shape index (κ1) is 24.9. The molecule has 0 saturated heterocycles. The molecule has 4 aliphatic rings. The lowest BCUT2D eigenvalue weighted by molar-refractivity contribution is -0.231. The van der Waals surface area contributed by atoms with E-state index in [1.54, 1.807) is 0 Å². The van der Waals surface area contributed by atoms with Gasteiger partial charge in [0.2, 0.25) is 0 Å². The van der Waals surface area contributed by atoms with Crippen LogP contribution >= 0.6 is 0 Å². The van der Waals surface area contributed by atoms with E-state index < -0.39 is 23.5 Å². The van der Waals surface area contributed by atoms with Crippen LogP contribution in [-0.4, -0.2) is 34.9 Å². The number of Topliss-reactive ketones (excluding diaryl/α,β-unsaturated/α-hetero) is 1. The number of ether oxygens (including phenoxy) is 1. The molecule has 0 aromatic carbocycles. The van der Waals surface area contributed by atoms with Crippen molar-refractivity contribution in [1.82, 2.24) is 0 Å². The molecule has 4 saturated carbocycles. The maximum absolute atomic E-state index is 12.6. The topological polar surface area (TPSA) is 80.7 Å². The lowest BCUT2D eigenvalue weighted by Gasteiger charge is -2.65. The Morgan fingerprint density at radius 3 is 2.24 bits per heavy atom. The molecule has 186 valence electrons. The predicted molar refractivity (Wildman–Crippen MR) is 126 cm³/mol. The number of hydrogen-bond donors (Lipinski definition) is 1. The van der Waals surface area contributed by atoms with E-state index in [0.717, 1.165) is 19.1 Å². The van der Waals surface area contributed by atoms with E-state index in [9.17, 15) is 19.5 Å². The van der Waals surface area contributed by atoms with Crippen molar-refractivity contribution >= 4 is 18.0 Å². The summed E-state index contributed by atoms with van der Waals surface area (Å²) < 4.78 is 6.12. The van der Waals surface area contributed by atoms with Gasteiger partial charge in [-0.05, 0) is 92.8 Å². The monoisotopic (exact) mass is 460 g/mol. The zero-order valence-corrected chi connectivity index (χ0v) is 21.5. The number of aliphatic hydroxyl groups is 1. The fraction of sp³-hybridized carbons (Fsp3) is 0.893. The van der Waals surface area contributed by atoms with Crippen LogP contribution in [0, 0.1) is 64.6 Å². The first-order valence-corrected chi connectivity index (χ1v) is 13.2. The van der Waals surface area contributed by atoms with Gasteiger partial charge in [-0.25, -0.2) is 0 Å². The highest BCUT2D eigenvalue weighted by Crippen LogP contribution is 2.66. The van der Waals surface area contributed by atoms with Crippen LogP contribution in [0.4, 0.5) is 0 Å². The lowest BCUT2D eigenvalue weighted by Crippen LogP contribution is -2.66. The third-order valence-electron chi connectivity index (χ3n) is 10.8. The number of ketones is 1. The number of hydrogen-bond acceptors (Lipinski definition) is 5. The highest BCUT2D eigenvalue weighted by molar-refractivity contribution is 5.83. The average Bonchev–Trinajstić information content (AvgIpc) is 2.71. The minimum absolute atomic E-state index is 0.0621. The summed E-state index contributed by atoms with van der Waals surface area (Å²) in [4.78, 5) is 37.4. The summed E-state index contributed by atoms with van der Waals surface area (Å²) in [6, 6.07) is 0. The summed E-state index contributed by atoms with van der Waals surface area (Å²) >= 11 is 0. The van der Waals surface area contributed by atoms with E-state index in [1.165, 1.54) is 33.1 Å². The largest absolute Gasteiger partial charge is 0.459 e. The Labute approximate surface area is 199 Å². The van der Waals surface area contributed by atoms with Crippen LogP contribution in [-0.2, 0) is 19.1 Å². The van der Waals surface area contributed by atoms with Gasteiger partial charge in [0.05, 0.1) is 12.0 Å². The molecule has 0 radical (unpaired) electrons. The highest BCUT2D eigenvalue weighted by atomic mass is 16.6. The van der Waals surface area contributed by atoms with Gasteiger partial charge >= 0.3 is 5.97 Å². The van der Waals surface area contributed by atoms with E-state index in [4.69, 9.17) is 4.74 Å². The van der Waals surface area contributed by atoms with Gasteiger partial charge in [0.1, 0.15) is 17.7 Å². The van der Waals surface area contributed by atoms with Gasteiger partial charge in [0, 0.05) is 18.8 Å². The molecule has 1 N–H and O–H groups in total. The predicted octanol–water partition coefficient (Wildman–Crippen LogP) is 4.69. The summed E-state index contributed by atoms with van der Waals surface area (Å²) in [5.41, 5.74) is -0.506. The molecule has 12 atom stereocenters. The van der Waals surface area contributed by atoms with Crippen LogP contribution in [0.1, 0.15) is 80.6 Å². The van der Waals surface area contributed by atoms with E-state index >= 15 is 0 Å². The minimum Gasteiger partial charge on any atom is -0.459 e. The lowest BCUT2D eigenvalue weighted by atomic mass is 9.41. The van der Waals surface area contributed by atoms with Gasteiger partial charge in [-0.3, -0.25) is 9.59 Å². The van der Waals surface area contributed by atoms with E-state index in [-0.39, 0.29) is 29.5 Å². The Morgan fingerprint density at radius 1 is 1.00 bits per heavy atom. The number of aldehydes is 1. The third kappa shape index (κ3) is 3.81. The van der Waals surface area contributed by atoms with Crippen LogP contribution in [0.2, 0.25) is 0 Å². The molecule has 33 heavy (non-hydrogen) atoms.